The lowest BCUT2D eigenvalue weighted by molar-refractivity contribution is 0.462. The molecule has 4 nitrogen and oxygen atoms in total. The molecule has 5 heteroatoms. The quantitative estimate of drug-likeness (QED) is 0.746. The van der Waals surface area contributed by atoms with Crippen molar-refractivity contribution in [2.75, 3.05) is 0 Å². The van der Waals surface area contributed by atoms with Crippen LogP contribution in [0.5, 0.6) is 0 Å². The lowest BCUT2D eigenvalue weighted by Crippen LogP contribution is -2.05. The summed E-state index contributed by atoms with van der Waals surface area (Å²) in [7, 11) is -4.50. The predicted molar refractivity (Wildman–Crippen MR) is 87.1 cm³/mol. The first-order valence-corrected chi connectivity index (χ1v) is 7.97. The molecule has 0 aliphatic carbocycles. The molecule has 0 saturated heterocycles. The molecule has 0 aliphatic heterocycles. The van der Waals surface area contributed by atoms with Gasteiger partial charge in [-0.25, -0.2) is 8.42 Å². The third-order valence-corrected chi connectivity index (χ3v) is 4.41. The Morgan fingerprint density at radius 2 is 1.45 bits per heavy atom. The van der Waals surface area contributed by atoms with E-state index in [1.807, 2.05) is 54.6 Å². The molecular formula is C17H17NO3S. The van der Waals surface area contributed by atoms with Crippen molar-refractivity contribution in [3.63, 3.8) is 0 Å². The summed E-state index contributed by atoms with van der Waals surface area (Å²) in [5, 5.41) is 1.73. The SMILES string of the molecule is O=S(=O)([O-])c1ccc2ccccc2c1Cc1ccccc1.[NH4+]. The third kappa shape index (κ3) is 3.17. The molecule has 0 bridgehead atoms. The van der Waals surface area contributed by atoms with Crippen molar-refractivity contribution in [3.8, 4) is 0 Å². The molecule has 0 unspecified atom stereocenters. The van der Waals surface area contributed by atoms with Crippen LogP contribution in [0.15, 0.2) is 71.6 Å². The molecule has 114 valence electrons. The molecule has 22 heavy (non-hydrogen) atoms. The van der Waals surface area contributed by atoms with Crippen molar-refractivity contribution in [3.05, 3.63) is 77.9 Å². The minimum Gasteiger partial charge on any atom is -0.744 e. The van der Waals surface area contributed by atoms with Crippen molar-refractivity contribution in [2.24, 2.45) is 0 Å². The molecule has 3 aromatic carbocycles. The van der Waals surface area contributed by atoms with Gasteiger partial charge in [0.2, 0.25) is 0 Å². The van der Waals surface area contributed by atoms with Gasteiger partial charge in [0.15, 0.2) is 0 Å². The maximum Gasteiger partial charge on any atom is 0.124 e. The topological polar surface area (TPSA) is 93.7 Å². The van der Waals surface area contributed by atoms with Crippen LogP contribution in [0.3, 0.4) is 0 Å². The van der Waals surface area contributed by atoms with Gasteiger partial charge in [0.1, 0.15) is 10.1 Å². The van der Waals surface area contributed by atoms with E-state index in [-0.39, 0.29) is 11.0 Å². The van der Waals surface area contributed by atoms with Gasteiger partial charge in [0.25, 0.3) is 0 Å². The smallest absolute Gasteiger partial charge is 0.124 e. The molecule has 0 aromatic heterocycles. The highest BCUT2D eigenvalue weighted by atomic mass is 32.2. The summed E-state index contributed by atoms with van der Waals surface area (Å²) in [5.41, 5.74) is 1.54. The number of fused-ring (bicyclic) bond motifs is 1. The van der Waals surface area contributed by atoms with Crippen molar-refractivity contribution < 1.29 is 13.0 Å². The van der Waals surface area contributed by atoms with E-state index < -0.39 is 10.1 Å². The van der Waals surface area contributed by atoms with Crippen molar-refractivity contribution in [2.45, 2.75) is 11.3 Å². The first kappa shape index (κ1) is 16.2. The van der Waals surface area contributed by atoms with E-state index >= 15 is 0 Å². The Morgan fingerprint density at radius 3 is 2.14 bits per heavy atom. The summed E-state index contributed by atoms with van der Waals surface area (Å²) in [6.45, 7) is 0. The monoisotopic (exact) mass is 315 g/mol. The fraction of sp³-hybridized carbons (Fsp3) is 0.0588. The van der Waals surface area contributed by atoms with Gasteiger partial charge < -0.3 is 10.7 Å². The average molecular weight is 315 g/mol. The number of hydrogen-bond donors (Lipinski definition) is 1. The molecule has 0 atom stereocenters. The van der Waals surface area contributed by atoms with E-state index in [1.54, 1.807) is 6.07 Å². The minimum absolute atomic E-state index is 0. The highest BCUT2D eigenvalue weighted by Crippen LogP contribution is 2.28. The Hall–Kier alpha value is -2.21. The fourth-order valence-corrected chi connectivity index (χ4v) is 3.25. The van der Waals surface area contributed by atoms with Crippen LogP contribution in [0.4, 0.5) is 0 Å². The lowest BCUT2D eigenvalue weighted by atomic mass is 9.98. The zero-order chi connectivity index (χ0) is 14.9. The number of rotatable bonds is 3. The van der Waals surface area contributed by atoms with E-state index in [0.29, 0.717) is 12.0 Å². The van der Waals surface area contributed by atoms with Crippen LogP contribution in [-0.4, -0.2) is 13.0 Å². The molecule has 0 spiro atoms. The second-order valence-corrected chi connectivity index (χ2v) is 6.23. The number of hydrogen-bond acceptors (Lipinski definition) is 3. The van der Waals surface area contributed by atoms with E-state index in [1.165, 1.54) is 6.07 Å². The van der Waals surface area contributed by atoms with E-state index in [4.69, 9.17) is 0 Å². The molecule has 0 saturated carbocycles. The van der Waals surface area contributed by atoms with Gasteiger partial charge in [-0.15, -0.1) is 0 Å². The second-order valence-electron chi connectivity index (χ2n) is 4.88. The molecule has 0 aliphatic rings. The Labute approximate surface area is 129 Å². The van der Waals surface area contributed by atoms with Gasteiger partial charge >= 0.3 is 0 Å². The molecule has 0 radical (unpaired) electrons. The molecule has 0 heterocycles. The van der Waals surface area contributed by atoms with Crippen LogP contribution in [-0.2, 0) is 16.5 Å². The van der Waals surface area contributed by atoms with Gasteiger partial charge in [-0.1, -0.05) is 60.7 Å². The van der Waals surface area contributed by atoms with Gasteiger partial charge in [-0.05, 0) is 34.4 Å². The van der Waals surface area contributed by atoms with Crippen molar-refractivity contribution >= 4 is 20.9 Å². The Morgan fingerprint density at radius 1 is 0.818 bits per heavy atom. The predicted octanol–water partition coefficient (Wildman–Crippen LogP) is 3.71. The van der Waals surface area contributed by atoms with Crippen LogP contribution in [0.2, 0.25) is 0 Å². The van der Waals surface area contributed by atoms with Gasteiger partial charge in [-0.3, -0.25) is 0 Å². The summed E-state index contributed by atoms with van der Waals surface area (Å²) in [5.74, 6) is 0. The maximum atomic E-state index is 11.5. The summed E-state index contributed by atoms with van der Waals surface area (Å²) in [4.78, 5) is -0.134. The highest BCUT2D eigenvalue weighted by molar-refractivity contribution is 7.85. The molecule has 3 rings (SSSR count). The molecule has 0 amide bonds. The van der Waals surface area contributed by atoms with Crippen LogP contribution in [0, 0.1) is 0 Å². The van der Waals surface area contributed by atoms with Crippen molar-refractivity contribution in [1.82, 2.24) is 6.15 Å². The Kier molecular flexibility index (Phi) is 4.61. The maximum absolute atomic E-state index is 11.5. The van der Waals surface area contributed by atoms with Crippen LogP contribution in [0.25, 0.3) is 10.8 Å². The Bertz CT molecular complexity index is 890. The third-order valence-electron chi connectivity index (χ3n) is 3.49. The zero-order valence-electron chi connectivity index (χ0n) is 12.2. The van der Waals surface area contributed by atoms with Crippen LogP contribution < -0.4 is 6.15 Å². The van der Waals surface area contributed by atoms with E-state index in [0.717, 1.165) is 16.3 Å². The normalized spacial score (nSPS) is 11.1. The zero-order valence-corrected chi connectivity index (χ0v) is 13.0. The van der Waals surface area contributed by atoms with Crippen molar-refractivity contribution in [1.29, 1.82) is 0 Å². The highest BCUT2D eigenvalue weighted by Gasteiger charge is 2.13. The van der Waals surface area contributed by atoms with E-state index in [9.17, 15) is 13.0 Å². The standard InChI is InChI=1S/C17H14O3S.H3N/c18-21(19,20)17-11-10-14-8-4-5-9-15(14)16(17)12-13-6-2-1-3-7-13;/h1-11H,12H2,(H,18,19,20);1H3. The summed E-state index contributed by atoms with van der Waals surface area (Å²) in [6, 6.07) is 20.1. The summed E-state index contributed by atoms with van der Waals surface area (Å²) < 4.78 is 34.6. The fourth-order valence-electron chi connectivity index (χ4n) is 2.53. The Balaban J connectivity index is 0.00000176. The summed E-state index contributed by atoms with van der Waals surface area (Å²) >= 11 is 0. The lowest BCUT2D eigenvalue weighted by Gasteiger charge is -2.16. The van der Waals surface area contributed by atoms with Crippen LogP contribution >= 0.6 is 0 Å². The largest absolute Gasteiger partial charge is 0.744 e. The average Bonchev–Trinajstić information content (AvgIpc) is 2.47. The molecule has 0 fully saturated rings. The molecular weight excluding hydrogens is 298 g/mol. The van der Waals surface area contributed by atoms with Gasteiger partial charge in [-0.2, -0.15) is 0 Å². The van der Waals surface area contributed by atoms with E-state index in [2.05, 4.69) is 0 Å². The first-order chi connectivity index (χ1) is 10.1. The summed E-state index contributed by atoms with van der Waals surface area (Å²) in [6.07, 6.45) is 0.416. The number of quaternary nitrogens is 1. The van der Waals surface area contributed by atoms with Gasteiger partial charge in [0, 0.05) is 0 Å². The minimum atomic E-state index is -4.50. The molecule has 4 N–H and O–H groups in total. The van der Waals surface area contributed by atoms with Gasteiger partial charge in [0.05, 0.1) is 4.90 Å². The number of benzene rings is 3. The second kappa shape index (κ2) is 6.27. The molecule has 3 aromatic rings. The van der Waals surface area contributed by atoms with Crippen LogP contribution in [0.1, 0.15) is 11.1 Å². The first-order valence-electron chi connectivity index (χ1n) is 6.56.